The highest BCUT2D eigenvalue weighted by Gasteiger charge is 2.10. The van der Waals surface area contributed by atoms with Gasteiger partial charge in [-0.2, -0.15) is 0 Å². The summed E-state index contributed by atoms with van der Waals surface area (Å²) in [7, 11) is 0. The van der Waals surface area contributed by atoms with Crippen molar-refractivity contribution in [1.82, 2.24) is 0 Å². The Morgan fingerprint density at radius 3 is 1.93 bits per heavy atom. The van der Waals surface area contributed by atoms with E-state index in [-0.39, 0.29) is 0 Å². The summed E-state index contributed by atoms with van der Waals surface area (Å²) >= 11 is 0. The van der Waals surface area contributed by atoms with Crippen LogP contribution in [0.4, 0.5) is 0 Å². The van der Waals surface area contributed by atoms with Gasteiger partial charge in [0.05, 0.1) is 0 Å². The van der Waals surface area contributed by atoms with Gasteiger partial charge in [0.25, 0.3) is 0 Å². The van der Waals surface area contributed by atoms with Gasteiger partial charge in [0.2, 0.25) is 0 Å². The van der Waals surface area contributed by atoms with Crippen LogP contribution in [0.5, 0.6) is 0 Å². The summed E-state index contributed by atoms with van der Waals surface area (Å²) < 4.78 is 0. The van der Waals surface area contributed by atoms with Crippen LogP contribution in [0.2, 0.25) is 0 Å². The standard InChI is InChI=1S/C25H30.C2H6/c1-8-22(23-12-9-18(4)10-13-23)16-21(7)25(17(2)3)24-14-11-19(5)15-20(24)6;1-2/h9-16H,2,8H2,1,3-7H3;1-2H3/b22-16+,25-21+;. The van der Waals surface area contributed by atoms with E-state index in [0.717, 1.165) is 12.0 Å². The molecule has 0 nitrogen and oxygen atoms in total. The molecule has 0 amide bonds. The fourth-order valence-electron chi connectivity index (χ4n) is 3.36. The Balaban J connectivity index is 0.00000176. The van der Waals surface area contributed by atoms with Crippen LogP contribution in [0.15, 0.2) is 66.3 Å². The number of allylic oxidation sites excluding steroid dienone is 5. The SMILES string of the molecule is C=C(C)/C(=C(C)\C=C(/CC)c1ccc(C)cc1)c1ccc(C)cc1C.CC. The smallest absolute Gasteiger partial charge is 0.0129 e. The molecule has 2 aromatic rings. The predicted molar refractivity (Wildman–Crippen MR) is 124 cm³/mol. The lowest BCUT2D eigenvalue weighted by molar-refractivity contribution is 1.23. The van der Waals surface area contributed by atoms with Gasteiger partial charge in [0.1, 0.15) is 0 Å². The molecular weight excluding hydrogens is 324 g/mol. The first kappa shape index (κ1) is 22.7. The largest absolute Gasteiger partial charge is 0.0955 e. The van der Waals surface area contributed by atoms with Crippen molar-refractivity contribution in [3.63, 3.8) is 0 Å². The van der Waals surface area contributed by atoms with E-state index in [2.05, 4.69) is 96.7 Å². The Bertz CT molecular complexity index is 827. The van der Waals surface area contributed by atoms with Gasteiger partial charge >= 0.3 is 0 Å². The van der Waals surface area contributed by atoms with Crippen molar-refractivity contribution in [2.24, 2.45) is 0 Å². The van der Waals surface area contributed by atoms with Gasteiger partial charge in [-0.05, 0) is 74.4 Å². The molecular formula is C27H36. The first-order valence-corrected chi connectivity index (χ1v) is 10.1. The minimum atomic E-state index is 1.01. The molecule has 0 saturated carbocycles. The molecule has 0 heterocycles. The van der Waals surface area contributed by atoms with Crippen LogP contribution in [-0.2, 0) is 0 Å². The van der Waals surface area contributed by atoms with Crippen LogP contribution >= 0.6 is 0 Å². The first-order chi connectivity index (χ1) is 12.8. The molecule has 0 radical (unpaired) electrons. The highest BCUT2D eigenvalue weighted by Crippen LogP contribution is 2.31. The fourth-order valence-corrected chi connectivity index (χ4v) is 3.36. The van der Waals surface area contributed by atoms with E-state index < -0.39 is 0 Å². The Hall–Kier alpha value is -2.34. The average molecular weight is 361 g/mol. The van der Waals surface area contributed by atoms with Gasteiger partial charge in [-0.25, -0.2) is 0 Å². The van der Waals surface area contributed by atoms with Crippen LogP contribution in [0.3, 0.4) is 0 Å². The molecule has 0 aliphatic rings. The minimum absolute atomic E-state index is 1.01. The molecule has 0 atom stereocenters. The van der Waals surface area contributed by atoms with Gasteiger partial charge in [-0.1, -0.05) is 92.6 Å². The fraction of sp³-hybridized carbons (Fsp3) is 0.333. The zero-order chi connectivity index (χ0) is 20.6. The Kier molecular flexibility index (Phi) is 9.02. The highest BCUT2D eigenvalue weighted by atomic mass is 14.1. The van der Waals surface area contributed by atoms with Crippen molar-refractivity contribution >= 4 is 11.1 Å². The van der Waals surface area contributed by atoms with Gasteiger partial charge in [0, 0.05) is 0 Å². The minimum Gasteiger partial charge on any atom is -0.0955 e. The van der Waals surface area contributed by atoms with Crippen LogP contribution in [-0.4, -0.2) is 0 Å². The zero-order valence-electron chi connectivity index (χ0n) is 18.5. The van der Waals surface area contributed by atoms with Crippen LogP contribution in [0.1, 0.15) is 68.9 Å². The molecule has 0 bridgehead atoms. The third-order valence-electron chi connectivity index (χ3n) is 4.67. The molecule has 0 N–H and O–H groups in total. The van der Waals surface area contributed by atoms with Crippen molar-refractivity contribution in [2.75, 3.05) is 0 Å². The summed E-state index contributed by atoms with van der Waals surface area (Å²) in [6, 6.07) is 15.5. The molecule has 2 rings (SSSR count). The van der Waals surface area contributed by atoms with Gasteiger partial charge in [-0.15, -0.1) is 0 Å². The summed E-state index contributed by atoms with van der Waals surface area (Å²) in [5.74, 6) is 0. The number of rotatable bonds is 5. The molecule has 0 aromatic heterocycles. The van der Waals surface area contributed by atoms with Crippen molar-refractivity contribution in [2.45, 2.75) is 61.8 Å². The molecule has 0 fully saturated rings. The van der Waals surface area contributed by atoms with E-state index in [1.54, 1.807) is 0 Å². The summed E-state index contributed by atoms with van der Waals surface area (Å²) in [4.78, 5) is 0. The molecule has 27 heavy (non-hydrogen) atoms. The summed E-state index contributed by atoms with van der Waals surface area (Å²) in [5.41, 5.74) is 11.5. The second-order valence-electron chi connectivity index (χ2n) is 7.05. The lowest BCUT2D eigenvalue weighted by atomic mass is 9.89. The third-order valence-corrected chi connectivity index (χ3v) is 4.67. The maximum atomic E-state index is 4.25. The Morgan fingerprint density at radius 2 is 1.44 bits per heavy atom. The summed E-state index contributed by atoms with van der Waals surface area (Å²) in [5, 5.41) is 0. The maximum absolute atomic E-state index is 4.25. The van der Waals surface area contributed by atoms with Gasteiger partial charge in [-0.3, -0.25) is 0 Å². The van der Waals surface area contributed by atoms with E-state index in [4.69, 9.17) is 0 Å². The van der Waals surface area contributed by atoms with Crippen molar-refractivity contribution in [3.8, 4) is 0 Å². The molecule has 0 unspecified atom stereocenters. The molecule has 0 heteroatoms. The lowest BCUT2D eigenvalue weighted by Gasteiger charge is -2.15. The first-order valence-electron chi connectivity index (χ1n) is 10.1. The van der Waals surface area contributed by atoms with Gasteiger partial charge in [0.15, 0.2) is 0 Å². The second-order valence-corrected chi connectivity index (χ2v) is 7.05. The molecule has 2 aromatic carbocycles. The molecule has 0 aliphatic carbocycles. The van der Waals surface area contributed by atoms with E-state index in [9.17, 15) is 0 Å². The maximum Gasteiger partial charge on any atom is -0.0129 e. The van der Waals surface area contributed by atoms with Crippen LogP contribution in [0.25, 0.3) is 11.1 Å². The second kappa shape index (κ2) is 10.7. The van der Waals surface area contributed by atoms with Crippen LogP contribution in [0, 0.1) is 20.8 Å². The molecule has 144 valence electrons. The van der Waals surface area contributed by atoms with E-state index >= 15 is 0 Å². The molecule has 0 saturated heterocycles. The summed E-state index contributed by atoms with van der Waals surface area (Å²) in [6.07, 6.45) is 3.34. The van der Waals surface area contributed by atoms with E-state index in [1.807, 2.05) is 13.8 Å². The third kappa shape index (κ3) is 6.10. The molecule has 0 aliphatic heterocycles. The Labute approximate surface area is 167 Å². The average Bonchev–Trinajstić information content (AvgIpc) is 2.64. The van der Waals surface area contributed by atoms with Crippen LogP contribution < -0.4 is 0 Å². The van der Waals surface area contributed by atoms with Crippen molar-refractivity contribution in [3.05, 3.63) is 94.1 Å². The van der Waals surface area contributed by atoms with E-state index in [0.29, 0.717) is 0 Å². The van der Waals surface area contributed by atoms with E-state index in [1.165, 1.54) is 44.5 Å². The van der Waals surface area contributed by atoms with Gasteiger partial charge < -0.3 is 0 Å². The normalized spacial score (nSPS) is 12.1. The number of hydrogen-bond donors (Lipinski definition) is 0. The number of aryl methyl sites for hydroxylation is 3. The quantitative estimate of drug-likeness (QED) is 0.469. The predicted octanol–water partition coefficient (Wildman–Crippen LogP) is 8.48. The Morgan fingerprint density at radius 1 is 0.889 bits per heavy atom. The van der Waals surface area contributed by atoms with Crippen molar-refractivity contribution < 1.29 is 0 Å². The molecule has 0 spiro atoms. The topological polar surface area (TPSA) is 0 Å². The highest BCUT2D eigenvalue weighted by molar-refractivity contribution is 5.85. The lowest BCUT2D eigenvalue weighted by Crippen LogP contribution is -1.95. The monoisotopic (exact) mass is 360 g/mol. The zero-order valence-corrected chi connectivity index (χ0v) is 18.5. The number of hydrogen-bond acceptors (Lipinski definition) is 0. The summed E-state index contributed by atoms with van der Waals surface area (Å²) in [6.45, 7) is 21.2. The number of benzene rings is 2. The van der Waals surface area contributed by atoms with Crippen molar-refractivity contribution in [1.29, 1.82) is 0 Å².